The van der Waals surface area contributed by atoms with E-state index < -0.39 is 0 Å². The number of H-pyrrole nitrogens is 2. The first-order valence-corrected chi connectivity index (χ1v) is 12.0. The lowest BCUT2D eigenvalue weighted by Gasteiger charge is -2.17. The quantitative estimate of drug-likeness (QED) is 0.308. The van der Waals surface area contributed by atoms with Crippen LogP contribution in [0.1, 0.15) is 16.1 Å². The fourth-order valence-electron chi connectivity index (χ4n) is 4.63. The molecule has 0 saturated carbocycles. The van der Waals surface area contributed by atoms with E-state index in [1.54, 1.807) is 36.3 Å². The maximum Gasteiger partial charge on any atom is 0.276 e. The molecule has 6 rings (SSSR count). The predicted octanol–water partition coefficient (Wildman–Crippen LogP) is 4.52. The van der Waals surface area contributed by atoms with E-state index in [1.807, 2.05) is 54.6 Å². The summed E-state index contributed by atoms with van der Waals surface area (Å²) in [7, 11) is 1.77. The zero-order valence-corrected chi connectivity index (χ0v) is 20.2. The predicted molar refractivity (Wildman–Crippen MR) is 146 cm³/mol. The third-order valence-electron chi connectivity index (χ3n) is 6.66. The summed E-state index contributed by atoms with van der Waals surface area (Å²) in [4.78, 5) is 42.9. The van der Waals surface area contributed by atoms with Gasteiger partial charge in [0.05, 0.1) is 22.4 Å². The molecule has 0 aliphatic rings. The zero-order chi connectivity index (χ0) is 25.5. The van der Waals surface area contributed by atoms with Crippen LogP contribution in [0, 0.1) is 0 Å². The lowest BCUT2D eigenvalue weighted by Crippen LogP contribution is -2.29. The van der Waals surface area contributed by atoms with Crippen molar-refractivity contribution in [1.82, 2.24) is 24.8 Å². The number of pyridine rings is 1. The first-order chi connectivity index (χ1) is 18.0. The Hall–Kier alpha value is -4.98. The molecule has 37 heavy (non-hydrogen) atoms. The van der Waals surface area contributed by atoms with Crippen LogP contribution in [0.4, 0.5) is 5.69 Å². The van der Waals surface area contributed by atoms with Gasteiger partial charge in [-0.3, -0.25) is 14.6 Å². The average molecular weight is 489 g/mol. The highest BCUT2D eigenvalue weighted by Crippen LogP contribution is 2.32. The van der Waals surface area contributed by atoms with Crippen molar-refractivity contribution in [2.45, 2.75) is 6.42 Å². The van der Waals surface area contributed by atoms with Gasteiger partial charge in [0.15, 0.2) is 5.69 Å². The van der Waals surface area contributed by atoms with Gasteiger partial charge in [0.2, 0.25) is 0 Å². The van der Waals surface area contributed by atoms with Crippen molar-refractivity contribution >= 4 is 44.3 Å². The van der Waals surface area contributed by atoms with Crippen molar-refractivity contribution < 1.29 is 4.79 Å². The van der Waals surface area contributed by atoms with Crippen molar-refractivity contribution in [3.8, 4) is 11.4 Å². The van der Waals surface area contributed by atoms with Gasteiger partial charge in [-0.2, -0.15) is 0 Å². The molecule has 0 radical (unpaired) electrons. The highest BCUT2D eigenvalue weighted by molar-refractivity contribution is 6.05. The number of rotatable bonds is 5. The minimum absolute atomic E-state index is 0.117. The number of likely N-dealkylation sites (N-methyl/N-ethyl adjacent to an activating group) is 1. The second-order valence-electron chi connectivity index (χ2n) is 9.10. The first kappa shape index (κ1) is 22.5. The minimum Gasteiger partial charge on any atom is -0.396 e. The van der Waals surface area contributed by atoms with Gasteiger partial charge in [0.25, 0.3) is 11.5 Å². The van der Waals surface area contributed by atoms with Gasteiger partial charge in [-0.15, -0.1) is 0 Å². The lowest BCUT2D eigenvalue weighted by atomic mass is 10.1. The molecule has 3 aromatic heterocycles. The van der Waals surface area contributed by atoms with Gasteiger partial charge in [-0.25, -0.2) is 4.98 Å². The van der Waals surface area contributed by atoms with E-state index in [-0.39, 0.29) is 17.2 Å². The standard InChI is InChI=1S/C29H24N6O2/c1-35(13-11-20-8-4-5-12-31-20)29(37)19-9-10-22-21(14-19)25(30)26(32-22)27-28(36)34-24-16-18-7-3-2-6-17(18)15-23(24)33-27/h2-10,12,14-16,32H,11,13,30H2,1H3,(H,34,36). The maximum absolute atomic E-state index is 13.1. The summed E-state index contributed by atoms with van der Waals surface area (Å²) < 4.78 is 0. The summed E-state index contributed by atoms with van der Waals surface area (Å²) in [6, 6.07) is 22.8. The minimum atomic E-state index is -0.341. The fraction of sp³-hybridized carbons (Fsp3) is 0.103. The molecule has 1 amide bonds. The fourth-order valence-corrected chi connectivity index (χ4v) is 4.63. The highest BCUT2D eigenvalue weighted by atomic mass is 16.2. The van der Waals surface area contributed by atoms with E-state index in [1.165, 1.54) is 0 Å². The highest BCUT2D eigenvalue weighted by Gasteiger charge is 2.19. The van der Waals surface area contributed by atoms with Crippen molar-refractivity contribution in [3.05, 3.63) is 101 Å². The molecular formula is C29H24N6O2. The normalized spacial score (nSPS) is 11.4. The number of nitrogen functional groups attached to an aromatic ring is 1. The largest absolute Gasteiger partial charge is 0.396 e. The molecule has 0 fully saturated rings. The molecule has 8 nitrogen and oxygen atoms in total. The Morgan fingerprint density at radius 3 is 2.51 bits per heavy atom. The van der Waals surface area contributed by atoms with Gasteiger partial charge in [-0.1, -0.05) is 30.3 Å². The molecule has 0 unspecified atom stereocenters. The Kier molecular flexibility index (Phi) is 5.41. The van der Waals surface area contributed by atoms with Gasteiger partial charge in [0, 0.05) is 48.4 Å². The van der Waals surface area contributed by atoms with Gasteiger partial charge in [-0.05, 0) is 53.2 Å². The molecule has 0 saturated heterocycles. The van der Waals surface area contributed by atoms with Gasteiger partial charge in [0.1, 0.15) is 0 Å². The zero-order valence-electron chi connectivity index (χ0n) is 20.2. The first-order valence-electron chi connectivity index (χ1n) is 12.0. The second-order valence-corrected chi connectivity index (χ2v) is 9.10. The molecule has 8 heteroatoms. The van der Waals surface area contributed by atoms with E-state index in [9.17, 15) is 9.59 Å². The van der Waals surface area contributed by atoms with Crippen molar-refractivity contribution in [2.75, 3.05) is 19.3 Å². The Bertz CT molecular complexity index is 1860. The molecule has 0 bridgehead atoms. The number of benzene rings is 3. The molecule has 4 N–H and O–H groups in total. The van der Waals surface area contributed by atoms with Crippen LogP contribution in [-0.4, -0.2) is 44.3 Å². The third kappa shape index (κ3) is 4.08. The van der Waals surface area contributed by atoms with Crippen molar-refractivity contribution in [1.29, 1.82) is 0 Å². The number of nitrogens with zero attached hydrogens (tertiary/aromatic N) is 3. The number of hydrogen-bond acceptors (Lipinski definition) is 5. The number of carbonyl (C=O) groups excluding carboxylic acids is 1. The van der Waals surface area contributed by atoms with E-state index >= 15 is 0 Å². The summed E-state index contributed by atoms with van der Waals surface area (Å²) >= 11 is 0. The third-order valence-corrected chi connectivity index (χ3v) is 6.66. The summed E-state index contributed by atoms with van der Waals surface area (Å²) in [6.45, 7) is 0.535. The van der Waals surface area contributed by atoms with E-state index in [0.717, 1.165) is 22.0 Å². The van der Waals surface area contributed by atoms with Crippen LogP contribution >= 0.6 is 0 Å². The number of nitrogens with two attached hydrogens (primary N) is 1. The monoisotopic (exact) mass is 488 g/mol. The van der Waals surface area contributed by atoms with Gasteiger partial charge < -0.3 is 20.6 Å². The van der Waals surface area contributed by atoms with Crippen LogP contribution in [-0.2, 0) is 6.42 Å². The molecule has 0 aliphatic carbocycles. The smallest absolute Gasteiger partial charge is 0.276 e. The molecule has 182 valence electrons. The number of aromatic amines is 2. The van der Waals surface area contributed by atoms with Crippen LogP contribution in [0.15, 0.2) is 83.8 Å². The topological polar surface area (TPSA) is 121 Å². The Labute approximate surface area is 211 Å². The lowest BCUT2D eigenvalue weighted by molar-refractivity contribution is 0.0796. The molecule has 0 spiro atoms. The van der Waals surface area contributed by atoms with Crippen molar-refractivity contribution in [3.63, 3.8) is 0 Å². The summed E-state index contributed by atoms with van der Waals surface area (Å²) in [5.74, 6) is -0.117. The van der Waals surface area contributed by atoms with Crippen LogP contribution in [0.25, 0.3) is 44.1 Å². The summed E-state index contributed by atoms with van der Waals surface area (Å²) in [5, 5.41) is 2.71. The summed E-state index contributed by atoms with van der Waals surface area (Å²) in [6.07, 6.45) is 2.41. The number of anilines is 1. The Morgan fingerprint density at radius 1 is 0.946 bits per heavy atom. The molecular weight excluding hydrogens is 464 g/mol. The number of carbonyl (C=O) groups is 1. The van der Waals surface area contributed by atoms with Crippen LogP contribution in [0.5, 0.6) is 0 Å². The van der Waals surface area contributed by atoms with Crippen LogP contribution < -0.4 is 11.3 Å². The van der Waals surface area contributed by atoms with E-state index in [2.05, 4.69) is 19.9 Å². The molecule has 6 aromatic rings. The molecule has 3 heterocycles. The molecule has 3 aromatic carbocycles. The van der Waals surface area contributed by atoms with Crippen LogP contribution in [0.2, 0.25) is 0 Å². The molecule has 0 atom stereocenters. The number of nitrogens with one attached hydrogen (secondary N) is 2. The SMILES string of the molecule is CN(CCc1ccccn1)C(=O)c1ccc2[nH]c(-c3nc4cc5ccccc5cc4[nH]c3=O)c(N)c2c1. The molecule has 0 aliphatic heterocycles. The van der Waals surface area contributed by atoms with E-state index in [0.29, 0.717) is 46.3 Å². The van der Waals surface area contributed by atoms with Crippen molar-refractivity contribution in [2.24, 2.45) is 0 Å². The number of amides is 1. The van der Waals surface area contributed by atoms with E-state index in [4.69, 9.17) is 5.73 Å². The second kappa shape index (κ2) is 8.91. The maximum atomic E-state index is 13.1. The Morgan fingerprint density at radius 2 is 1.73 bits per heavy atom. The number of hydrogen-bond donors (Lipinski definition) is 3. The van der Waals surface area contributed by atoms with Crippen LogP contribution in [0.3, 0.4) is 0 Å². The summed E-state index contributed by atoms with van der Waals surface area (Å²) in [5.41, 5.74) is 10.7. The van der Waals surface area contributed by atoms with Gasteiger partial charge >= 0.3 is 0 Å². The Balaban J connectivity index is 1.34. The number of aromatic nitrogens is 4. The number of fused-ring (bicyclic) bond motifs is 3. The average Bonchev–Trinajstić information content (AvgIpc) is 3.25.